The largest absolute Gasteiger partial charge is 0.493 e. The van der Waals surface area contributed by atoms with Gasteiger partial charge in [-0.1, -0.05) is 24.3 Å². The second kappa shape index (κ2) is 9.54. The molecule has 2 aromatic carbocycles. The van der Waals surface area contributed by atoms with E-state index in [9.17, 15) is 4.79 Å². The van der Waals surface area contributed by atoms with Gasteiger partial charge in [0.05, 0.1) is 26.5 Å². The lowest BCUT2D eigenvalue weighted by Gasteiger charge is -2.08. The van der Waals surface area contributed by atoms with Gasteiger partial charge in [0, 0.05) is 19.2 Å². The molecule has 1 amide bonds. The number of nitrogens with one attached hydrogen (secondary N) is 1. The standard InChI is InChI=1S/C22H24N2O4S/c1-14-20(21(25)23-12-15-6-5-7-16(10-15)13-26-2)29-22(24-14)17-8-9-18(27-3)19(11-17)28-4/h5-11H,12-13H2,1-4H3,(H,23,25). The average molecular weight is 413 g/mol. The molecule has 0 saturated heterocycles. The Morgan fingerprint density at radius 1 is 1.03 bits per heavy atom. The van der Waals surface area contributed by atoms with E-state index >= 15 is 0 Å². The minimum atomic E-state index is -0.135. The van der Waals surface area contributed by atoms with Crippen LogP contribution in [0.5, 0.6) is 11.5 Å². The molecule has 0 spiro atoms. The number of amides is 1. The van der Waals surface area contributed by atoms with Crippen LogP contribution in [0, 0.1) is 6.92 Å². The van der Waals surface area contributed by atoms with E-state index in [0.29, 0.717) is 35.2 Å². The summed E-state index contributed by atoms with van der Waals surface area (Å²) in [4.78, 5) is 17.9. The Kier molecular flexibility index (Phi) is 6.85. The molecular weight excluding hydrogens is 388 g/mol. The summed E-state index contributed by atoms with van der Waals surface area (Å²) in [6.07, 6.45) is 0. The van der Waals surface area contributed by atoms with Crippen LogP contribution < -0.4 is 14.8 Å². The second-order valence-electron chi connectivity index (χ2n) is 6.44. The SMILES string of the molecule is COCc1cccc(CNC(=O)c2sc(-c3ccc(OC)c(OC)c3)nc2C)c1. The molecular formula is C22H24N2O4S. The van der Waals surface area contributed by atoms with Gasteiger partial charge in [-0.25, -0.2) is 4.98 Å². The number of thiazole rings is 1. The highest BCUT2D eigenvalue weighted by Gasteiger charge is 2.17. The van der Waals surface area contributed by atoms with E-state index in [1.54, 1.807) is 21.3 Å². The van der Waals surface area contributed by atoms with Crippen LogP contribution in [0.15, 0.2) is 42.5 Å². The van der Waals surface area contributed by atoms with Crippen molar-refractivity contribution in [2.24, 2.45) is 0 Å². The Labute approximate surface area is 174 Å². The minimum absolute atomic E-state index is 0.135. The molecule has 1 aromatic heterocycles. The first-order valence-corrected chi connectivity index (χ1v) is 9.92. The van der Waals surface area contributed by atoms with Crippen LogP contribution in [-0.2, 0) is 17.9 Å². The van der Waals surface area contributed by atoms with Gasteiger partial charge in [0.25, 0.3) is 5.91 Å². The molecule has 6 nitrogen and oxygen atoms in total. The third kappa shape index (κ3) is 4.93. The van der Waals surface area contributed by atoms with Gasteiger partial charge >= 0.3 is 0 Å². The summed E-state index contributed by atoms with van der Waals surface area (Å²) in [6, 6.07) is 13.6. The van der Waals surface area contributed by atoms with Crippen molar-refractivity contribution in [2.45, 2.75) is 20.1 Å². The van der Waals surface area contributed by atoms with Gasteiger partial charge in [0.2, 0.25) is 0 Å². The molecule has 0 bridgehead atoms. The van der Waals surface area contributed by atoms with Crippen LogP contribution in [0.2, 0.25) is 0 Å². The van der Waals surface area contributed by atoms with Crippen LogP contribution in [0.3, 0.4) is 0 Å². The van der Waals surface area contributed by atoms with E-state index in [2.05, 4.69) is 10.3 Å². The van der Waals surface area contributed by atoms with Gasteiger partial charge in [-0.05, 0) is 36.2 Å². The van der Waals surface area contributed by atoms with Gasteiger partial charge in [-0.15, -0.1) is 11.3 Å². The van der Waals surface area contributed by atoms with Crippen molar-refractivity contribution in [3.8, 4) is 22.1 Å². The first-order valence-electron chi connectivity index (χ1n) is 9.10. The zero-order chi connectivity index (χ0) is 20.8. The summed E-state index contributed by atoms with van der Waals surface area (Å²) in [5, 5.41) is 3.74. The predicted molar refractivity (Wildman–Crippen MR) is 114 cm³/mol. The first-order chi connectivity index (χ1) is 14.0. The number of ether oxygens (including phenoxy) is 3. The van der Waals surface area contributed by atoms with Gasteiger partial charge in [0.15, 0.2) is 11.5 Å². The molecule has 1 heterocycles. The predicted octanol–water partition coefficient (Wildman–Crippen LogP) is 4.21. The van der Waals surface area contributed by atoms with E-state index in [1.165, 1.54) is 11.3 Å². The fraction of sp³-hybridized carbons (Fsp3) is 0.273. The molecule has 7 heteroatoms. The van der Waals surface area contributed by atoms with Crippen LogP contribution in [-0.4, -0.2) is 32.2 Å². The smallest absolute Gasteiger partial charge is 0.263 e. The van der Waals surface area contributed by atoms with Gasteiger partial charge in [-0.2, -0.15) is 0 Å². The van der Waals surface area contributed by atoms with Crippen molar-refractivity contribution < 1.29 is 19.0 Å². The molecule has 0 radical (unpaired) electrons. The highest BCUT2D eigenvalue weighted by molar-refractivity contribution is 7.17. The Morgan fingerprint density at radius 2 is 1.79 bits per heavy atom. The molecule has 152 valence electrons. The first kappa shape index (κ1) is 20.8. The van der Waals surface area contributed by atoms with Crippen molar-refractivity contribution in [1.82, 2.24) is 10.3 Å². The molecule has 29 heavy (non-hydrogen) atoms. The number of aryl methyl sites for hydroxylation is 1. The lowest BCUT2D eigenvalue weighted by Crippen LogP contribution is -2.22. The zero-order valence-electron chi connectivity index (χ0n) is 16.9. The number of carbonyl (C=O) groups excluding carboxylic acids is 1. The average Bonchev–Trinajstić information content (AvgIpc) is 3.13. The maximum atomic E-state index is 12.7. The molecule has 1 N–H and O–H groups in total. The minimum Gasteiger partial charge on any atom is -0.493 e. The van der Waals surface area contributed by atoms with Crippen molar-refractivity contribution in [2.75, 3.05) is 21.3 Å². The summed E-state index contributed by atoms with van der Waals surface area (Å²) >= 11 is 1.36. The van der Waals surface area contributed by atoms with Crippen LogP contribution in [0.1, 0.15) is 26.5 Å². The Balaban J connectivity index is 1.74. The molecule has 3 rings (SSSR count). The number of hydrogen-bond acceptors (Lipinski definition) is 6. The van der Waals surface area contributed by atoms with Crippen LogP contribution in [0.25, 0.3) is 10.6 Å². The Bertz CT molecular complexity index is 1000. The third-order valence-electron chi connectivity index (χ3n) is 4.39. The molecule has 3 aromatic rings. The molecule has 0 atom stereocenters. The summed E-state index contributed by atoms with van der Waals surface area (Å²) in [6.45, 7) is 2.83. The fourth-order valence-corrected chi connectivity index (χ4v) is 3.94. The Morgan fingerprint density at radius 3 is 2.52 bits per heavy atom. The number of carbonyl (C=O) groups is 1. The second-order valence-corrected chi connectivity index (χ2v) is 7.44. The lowest BCUT2D eigenvalue weighted by molar-refractivity contribution is 0.0954. The van der Waals surface area contributed by atoms with Crippen molar-refractivity contribution in [3.05, 3.63) is 64.2 Å². The normalized spacial score (nSPS) is 10.6. The molecule has 0 aliphatic rings. The van der Waals surface area contributed by atoms with E-state index in [-0.39, 0.29) is 5.91 Å². The fourth-order valence-electron chi connectivity index (χ4n) is 2.96. The highest BCUT2D eigenvalue weighted by Crippen LogP contribution is 2.35. The molecule has 0 aliphatic heterocycles. The maximum Gasteiger partial charge on any atom is 0.263 e. The van der Waals surface area contributed by atoms with E-state index in [1.807, 2.05) is 49.4 Å². The van der Waals surface area contributed by atoms with Crippen molar-refractivity contribution in [3.63, 3.8) is 0 Å². The van der Waals surface area contributed by atoms with Gasteiger partial charge < -0.3 is 19.5 Å². The molecule has 0 fully saturated rings. The molecule has 0 unspecified atom stereocenters. The van der Waals surface area contributed by atoms with Crippen LogP contribution >= 0.6 is 11.3 Å². The summed E-state index contributed by atoms with van der Waals surface area (Å²) in [7, 11) is 4.85. The summed E-state index contributed by atoms with van der Waals surface area (Å²) < 4.78 is 15.8. The molecule has 0 saturated carbocycles. The van der Waals surface area contributed by atoms with Crippen molar-refractivity contribution in [1.29, 1.82) is 0 Å². The van der Waals surface area contributed by atoms with Gasteiger partial charge in [0.1, 0.15) is 9.88 Å². The van der Waals surface area contributed by atoms with E-state index in [0.717, 1.165) is 21.7 Å². The van der Waals surface area contributed by atoms with E-state index in [4.69, 9.17) is 14.2 Å². The van der Waals surface area contributed by atoms with Gasteiger partial charge in [-0.3, -0.25) is 4.79 Å². The summed E-state index contributed by atoms with van der Waals surface area (Å²) in [5.41, 5.74) is 3.67. The number of aromatic nitrogens is 1. The van der Waals surface area contributed by atoms with E-state index < -0.39 is 0 Å². The number of methoxy groups -OCH3 is 3. The highest BCUT2D eigenvalue weighted by atomic mass is 32.1. The van der Waals surface area contributed by atoms with Crippen molar-refractivity contribution >= 4 is 17.2 Å². The summed E-state index contributed by atoms with van der Waals surface area (Å²) in [5.74, 6) is 1.14. The number of rotatable bonds is 8. The maximum absolute atomic E-state index is 12.7. The monoisotopic (exact) mass is 412 g/mol. The third-order valence-corrected chi connectivity index (χ3v) is 5.59. The molecule has 0 aliphatic carbocycles. The van der Waals surface area contributed by atoms with Crippen LogP contribution in [0.4, 0.5) is 0 Å². The Hall–Kier alpha value is -2.90. The lowest BCUT2D eigenvalue weighted by atomic mass is 10.1. The number of nitrogens with zero attached hydrogens (tertiary/aromatic N) is 1. The zero-order valence-corrected chi connectivity index (χ0v) is 17.8. The quantitative estimate of drug-likeness (QED) is 0.600. The number of benzene rings is 2. The number of hydrogen-bond donors (Lipinski definition) is 1. The topological polar surface area (TPSA) is 69.7 Å².